The van der Waals surface area contributed by atoms with Gasteiger partial charge in [0.15, 0.2) is 5.96 Å². The van der Waals surface area contributed by atoms with Gasteiger partial charge in [0.1, 0.15) is 5.82 Å². The lowest BCUT2D eigenvalue weighted by molar-refractivity contribution is -0.121. The molecule has 1 aromatic rings. The Morgan fingerprint density at radius 3 is 2.67 bits per heavy atom. The molecule has 0 radical (unpaired) electrons. The summed E-state index contributed by atoms with van der Waals surface area (Å²) in [5, 5.41) is 9.24. The standard InChI is InChI=1S/C18H29FN4O/c1-5-20-18(22-11-9-17(24)23-13(2)3)21-10-8-15-6-7-16(19)12-14(15)4/h6-7,12-13H,5,8-11H2,1-4H3,(H,23,24)(H2,20,21,22). The molecule has 1 amide bonds. The predicted molar refractivity (Wildman–Crippen MR) is 96.7 cm³/mol. The Balaban J connectivity index is 2.44. The Kier molecular flexibility index (Phi) is 8.83. The first-order valence-corrected chi connectivity index (χ1v) is 8.49. The fourth-order valence-electron chi connectivity index (χ4n) is 2.26. The van der Waals surface area contributed by atoms with E-state index in [-0.39, 0.29) is 17.8 Å². The Bertz CT molecular complexity index is 558. The second kappa shape index (κ2) is 10.6. The van der Waals surface area contributed by atoms with Crippen molar-refractivity contribution in [1.29, 1.82) is 0 Å². The lowest BCUT2D eigenvalue weighted by Gasteiger charge is -2.12. The molecule has 1 aromatic carbocycles. The van der Waals surface area contributed by atoms with Crippen LogP contribution in [0.1, 0.15) is 38.3 Å². The molecule has 0 unspecified atom stereocenters. The lowest BCUT2D eigenvalue weighted by atomic mass is 10.1. The van der Waals surface area contributed by atoms with Crippen molar-refractivity contribution < 1.29 is 9.18 Å². The zero-order chi connectivity index (χ0) is 17.9. The Hall–Kier alpha value is -2.11. The van der Waals surface area contributed by atoms with Crippen LogP contribution < -0.4 is 16.0 Å². The summed E-state index contributed by atoms with van der Waals surface area (Å²) in [6.07, 6.45) is 1.15. The Labute approximate surface area is 144 Å². The quantitative estimate of drug-likeness (QED) is 0.503. The Morgan fingerprint density at radius 2 is 2.04 bits per heavy atom. The van der Waals surface area contributed by atoms with Crippen LogP contribution in [0.2, 0.25) is 0 Å². The van der Waals surface area contributed by atoms with Gasteiger partial charge in [-0.05, 0) is 57.4 Å². The van der Waals surface area contributed by atoms with Crippen LogP contribution in [0.25, 0.3) is 0 Å². The van der Waals surface area contributed by atoms with Gasteiger partial charge >= 0.3 is 0 Å². The molecule has 0 saturated heterocycles. The number of hydrogen-bond acceptors (Lipinski definition) is 2. The van der Waals surface area contributed by atoms with Gasteiger partial charge in [0.25, 0.3) is 0 Å². The number of nitrogens with one attached hydrogen (secondary N) is 3. The van der Waals surface area contributed by atoms with Gasteiger partial charge in [0.05, 0.1) is 6.54 Å². The normalized spacial score (nSPS) is 11.5. The molecule has 0 aliphatic heterocycles. The maximum absolute atomic E-state index is 13.1. The van der Waals surface area contributed by atoms with Crippen LogP contribution in [0, 0.1) is 12.7 Å². The third kappa shape index (κ3) is 7.94. The summed E-state index contributed by atoms with van der Waals surface area (Å²) in [7, 11) is 0. The zero-order valence-corrected chi connectivity index (χ0v) is 15.1. The van der Waals surface area contributed by atoms with Crippen LogP contribution in [-0.2, 0) is 11.2 Å². The van der Waals surface area contributed by atoms with Crippen molar-refractivity contribution in [3.63, 3.8) is 0 Å². The van der Waals surface area contributed by atoms with Crippen LogP contribution in [-0.4, -0.2) is 37.5 Å². The number of halogens is 1. The molecule has 3 N–H and O–H groups in total. The molecule has 1 rings (SSSR count). The number of guanidine groups is 1. The van der Waals surface area contributed by atoms with Gasteiger partial charge in [-0.15, -0.1) is 0 Å². The second-order valence-corrected chi connectivity index (χ2v) is 5.98. The minimum absolute atomic E-state index is 0.00605. The molecule has 0 aliphatic carbocycles. The van der Waals surface area contributed by atoms with Crippen molar-refractivity contribution in [2.24, 2.45) is 4.99 Å². The SMILES string of the molecule is CCNC(=NCCC(=O)NC(C)C)NCCc1ccc(F)cc1C. The molecule has 0 bridgehead atoms. The first-order valence-electron chi connectivity index (χ1n) is 8.49. The maximum Gasteiger partial charge on any atom is 0.222 e. The van der Waals surface area contributed by atoms with E-state index in [1.54, 1.807) is 6.07 Å². The monoisotopic (exact) mass is 336 g/mol. The molecule has 0 saturated carbocycles. The highest BCUT2D eigenvalue weighted by Gasteiger charge is 2.04. The maximum atomic E-state index is 13.1. The van der Waals surface area contributed by atoms with Crippen LogP contribution in [0.4, 0.5) is 4.39 Å². The average molecular weight is 336 g/mol. The van der Waals surface area contributed by atoms with Gasteiger partial charge < -0.3 is 16.0 Å². The van der Waals surface area contributed by atoms with E-state index in [9.17, 15) is 9.18 Å². The number of aliphatic imine (C=N–C) groups is 1. The lowest BCUT2D eigenvalue weighted by Crippen LogP contribution is -2.38. The number of hydrogen-bond donors (Lipinski definition) is 3. The van der Waals surface area contributed by atoms with E-state index in [0.717, 1.165) is 24.1 Å². The van der Waals surface area contributed by atoms with Gasteiger partial charge in [-0.1, -0.05) is 6.07 Å². The molecule has 0 fully saturated rings. The molecule has 5 nitrogen and oxygen atoms in total. The second-order valence-electron chi connectivity index (χ2n) is 5.98. The van der Waals surface area contributed by atoms with Crippen molar-refractivity contribution in [2.75, 3.05) is 19.6 Å². The number of amides is 1. The molecule has 0 aromatic heterocycles. The fraction of sp³-hybridized carbons (Fsp3) is 0.556. The summed E-state index contributed by atoms with van der Waals surface area (Å²) in [5.74, 6) is 0.486. The molecule has 0 atom stereocenters. The van der Waals surface area contributed by atoms with Crippen molar-refractivity contribution in [3.05, 3.63) is 35.1 Å². The number of benzene rings is 1. The fourth-order valence-corrected chi connectivity index (χ4v) is 2.26. The van der Waals surface area contributed by atoms with Gasteiger partial charge in [-0.3, -0.25) is 9.79 Å². The summed E-state index contributed by atoms with van der Waals surface area (Å²) in [6, 6.07) is 4.98. The van der Waals surface area contributed by atoms with Crippen LogP contribution in [0.5, 0.6) is 0 Å². The number of carbonyl (C=O) groups excluding carboxylic acids is 1. The number of rotatable bonds is 8. The van der Waals surface area contributed by atoms with Crippen molar-refractivity contribution in [2.45, 2.75) is 46.6 Å². The number of aryl methyl sites for hydroxylation is 1. The minimum atomic E-state index is -0.209. The smallest absolute Gasteiger partial charge is 0.222 e. The molecule has 0 spiro atoms. The van der Waals surface area contributed by atoms with E-state index in [0.29, 0.717) is 25.5 Å². The van der Waals surface area contributed by atoms with Gasteiger partial charge in [0, 0.05) is 25.6 Å². The molecular formula is C18H29FN4O. The third-order valence-electron chi connectivity index (χ3n) is 3.39. The molecule has 0 aliphatic rings. The molecule has 0 heterocycles. The van der Waals surface area contributed by atoms with Gasteiger partial charge in [-0.2, -0.15) is 0 Å². The highest BCUT2D eigenvalue weighted by Crippen LogP contribution is 2.10. The number of nitrogens with zero attached hydrogens (tertiary/aromatic N) is 1. The van der Waals surface area contributed by atoms with E-state index in [1.807, 2.05) is 33.8 Å². The van der Waals surface area contributed by atoms with Gasteiger partial charge in [-0.25, -0.2) is 4.39 Å². The summed E-state index contributed by atoms with van der Waals surface area (Å²) >= 11 is 0. The third-order valence-corrected chi connectivity index (χ3v) is 3.39. The van der Waals surface area contributed by atoms with Crippen LogP contribution in [0.3, 0.4) is 0 Å². The minimum Gasteiger partial charge on any atom is -0.357 e. The van der Waals surface area contributed by atoms with Crippen LogP contribution in [0.15, 0.2) is 23.2 Å². The summed E-state index contributed by atoms with van der Waals surface area (Å²) in [6.45, 7) is 9.64. The highest BCUT2D eigenvalue weighted by molar-refractivity contribution is 5.80. The largest absolute Gasteiger partial charge is 0.357 e. The molecule has 24 heavy (non-hydrogen) atoms. The predicted octanol–water partition coefficient (Wildman–Crippen LogP) is 2.15. The molecule has 6 heteroatoms. The molecule has 134 valence electrons. The van der Waals surface area contributed by atoms with Gasteiger partial charge in [0.2, 0.25) is 5.91 Å². The average Bonchev–Trinajstić information content (AvgIpc) is 2.48. The van der Waals surface area contributed by atoms with E-state index < -0.39 is 0 Å². The summed E-state index contributed by atoms with van der Waals surface area (Å²) in [4.78, 5) is 16.0. The topological polar surface area (TPSA) is 65.5 Å². The van der Waals surface area contributed by atoms with Crippen LogP contribution >= 0.6 is 0 Å². The Morgan fingerprint density at radius 1 is 1.29 bits per heavy atom. The van der Waals surface area contributed by atoms with E-state index >= 15 is 0 Å². The van der Waals surface area contributed by atoms with Crippen molar-refractivity contribution in [3.8, 4) is 0 Å². The van der Waals surface area contributed by atoms with Crippen molar-refractivity contribution in [1.82, 2.24) is 16.0 Å². The van der Waals surface area contributed by atoms with E-state index in [2.05, 4.69) is 20.9 Å². The number of carbonyl (C=O) groups is 1. The first kappa shape index (κ1) is 19.9. The van der Waals surface area contributed by atoms with Crippen molar-refractivity contribution >= 4 is 11.9 Å². The zero-order valence-electron chi connectivity index (χ0n) is 15.1. The summed E-state index contributed by atoms with van der Waals surface area (Å²) in [5.41, 5.74) is 2.06. The first-order chi connectivity index (χ1) is 11.4. The van der Waals surface area contributed by atoms with E-state index in [4.69, 9.17) is 0 Å². The molecular weight excluding hydrogens is 307 g/mol. The van der Waals surface area contributed by atoms with E-state index in [1.165, 1.54) is 6.07 Å². The highest BCUT2D eigenvalue weighted by atomic mass is 19.1. The summed E-state index contributed by atoms with van der Waals surface area (Å²) < 4.78 is 13.1.